The Balaban J connectivity index is 1.66. The summed E-state index contributed by atoms with van der Waals surface area (Å²) in [6.07, 6.45) is 3.80. The third-order valence-electron chi connectivity index (χ3n) is 5.11. The Hall–Kier alpha value is -1.63. The third-order valence-corrected chi connectivity index (χ3v) is 5.37. The summed E-state index contributed by atoms with van der Waals surface area (Å²) in [6, 6.07) is 5.52. The molecule has 0 bridgehead atoms. The predicted molar refractivity (Wildman–Crippen MR) is 89.2 cm³/mol. The Morgan fingerprint density at radius 1 is 1.38 bits per heavy atom. The molecule has 6 nitrogen and oxygen atoms in total. The van der Waals surface area contributed by atoms with Gasteiger partial charge in [-0.05, 0) is 31.4 Å². The molecule has 0 aliphatic carbocycles. The number of ether oxygens (including phenoxy) is 1. The van der Waals surface area contributed by atoms with Gasteiger partial charge in [0.05, 0.1) is 12.7 Å². The molecule has 4 heterocycles. The highest BCUT2D eigenvalue weighted by molar-refractivity contribution is 6.32. The number of likely N-dealkylation sites (tertiary alicyclic amines) is 1. The molecular formula is C17H20ClN3O3. The molecule has 1 amide bonds. The molecule has 2 aliphatic heterocycles. The Kier molecular flexibility index (Phi) is 4.20. The molecule has 2 saturated heterocycles. The van der Waals surface area contributed by atoms with Crippen LogP contribution in [0, 0.1) is 5.92 Å². The Labute approximate surface area is 145 Å². The molecule has 7 heteroatoms. The number of hydrogen-bond donors (Lipinski definition) is 1. The largest absolute Gasteiger partial charge is 0.393 e. The summed E-state index contributed by atoms with van der Waals surface area (Å²) < 4.78 is 7.27. The molecule has 2 aromatic heterocycles. The SMILES string of the molecule is O=C(c1c(Cl)nc2ccccn12)N1CCC[C@@H]1[C@@H]1COCC[C@@H]1O. The molecule has 0 unspecified atom stereocenters. The van der Waals surface area contributed by atoms with Crippen LogP contribution in [0.1, 0.15) is 29.8 Å². The van der Waals surface area contributed by atoms with Crippen molar-refractivity contribution in [1.29, 1.82) is 0 Å². The van der Waals surface area contributed by atoms with E-state index in [1.54, 1.807) is 10.6 Å². The monoisotopic (exact) mass is 349 g/mol. The molecule has 4 rings (SSSR count). The second-order valence-corrected chi connectivity index (χ2v) is 6.84. The van der Waals surface area contributed by atoms with Gasteiger partial charge in [0.15, 0.2) is 10.8 Å². The number of aliphatic hydroxyl groups is 1. The summed E-state index contributed by atoms with van der Waals surface area (Å²) in [5, 5.41) is 10.5. The lowest BCUT2D eigenvalue weighted by Gasteiger charge is -2.36. The normalized spacial score (nSPS) is 27.8. The lowest BCUT2D eigenvalue weighted by Crippen LogP contribution is -2.48. The second kappa shape index (κ2) is 6.35. The summed E-state index contributed by atoms with van der Waals surface area (Å²) in [6.45, 7) is 1.75. The number of aliphatic hydroxyl groups excluding tert-OH is 1. The highest BCUT2D eigenvalue weighted by Crippen LogP contribution is 2.32. The number of aromatic nitrogens is 2. The highest BCUT2D eigenvalue weighted by atomic mass is 35.5. The quantitative estimate of drug-likeness (QED) is 0.900. The molecular weight excluding hydrogens is 330 g/mol. The number of nitrogens with zero attached hydrogens (tertiary/aromatic N) is 3. The zero-order chi connectivity index (χ0) is 16.7. The number of hydrogen-bond acceptors (Lipinski definition) is 4. The number of fused-ring (bicyclic) bond motifs is 1. The number of pyridine rings is 1. The number of imidazole rings is 1. The lowest BCUT2D eigenvalue weighted by molar-refractivity contribution is -0.0590. The topological polar surface area (TPSA) is 67.1 Å². The van der Waals surface area contributed by atoms with E-state index in [0.717, 1.165) is 12.8 Å². The second-order valence-electron chi connectivity index (χ2n) is 6.48. The summed E-state index contributed by atoms with van der Waals surface area (Å²) >= 11 is 6.25. The molecule has 2 aliphatic rings. The first kappa shape index (κ1) is 15.9. The summed E-state index contributed by atoms with van der Waals surface area (Å²) in [5.74, 6) is -0.165. The van der Waals surface area contributed by atoms with Gasteiger partial charge in [-0.1, -0.05) is 17.7 Å². The van der Waals surface area contributed by atoms with Crippen molar-refractivity contribution in [3.63, 3.8) is 0 Å². The maximum Gasteiger partial charge on any atom is 0.274 e. The summed E-state index contributed by atoms with van der Waals surface area (Å²) in [7, 11) is 0. The van der Waals surface area contributed by atoms with E-state index in [1.807, 2.05) is 23.1 Å². The highest BCUT2D eigenvalue weighted by Gasteiger charge is 2.41. The zero-order valence-corrected chi connectivity index (χ0v) is 14.0. The van der Waals surface area contributed by atoms with E-state index >= 15 is 0 Å². The van der Waals surface area contributed by atoms with Crippen LogP contribution < -0.4 is 0 Å². The van der Waals surface area contributed by atoms with Crippen LogP contribution >= 0.6 is 11.6 Å². The van der Waals surface area contributed by atoms with Gasteiger partial charge in [-0.3, -0.25) is 9.20 Å². The number of halogens is 1. The number of carbonyl (C=O) groups is 1. The maximum absolute atomic E-state index is 13.2. The van der Waals surface area contributed by atoms with Gasteiger partial charge in [0.2, 0.25) is 0 Å². The van der Waals surface area contributed by atoms with E-state index in [1.165, 1.54) is 0 Å². The number of amides is 1. The molecule has 3 atom stereocenters. The average molecular weight is 350 g/mol. The smallest absolute Gasteiger partial charge is 0.274 e. The van der Waals surface area contributed by atoms with Crippen LogP contribution in [-0.2, 0) is 4.74 Å². The third kappa shape index (κ3) is 2.59. The van der Waals surface area contributed by atoms with Crippen molar-refractivity contribution in [2.24, 2.45) is 5.92 Å². The fourth-order valence-corrected chi connectivity index (χ4v) is 4.16. The van der Waals surface area contributed by atoms with Gasteiger partial charge < -0.3 is 14.7 Å². The molecule has 2 fully saturated rings. The lowest BCUT2D eigenvalue weighted by atomic mass is 9.89. The fraction of sp³-hybridized carbons (Fsp3) is 0.529. The van der Waals surface area contributed by atoms with E-state index in [9.17, 15) is 9.90 Å². The first-order chi connectivity index (χ1) is 11.7. The van der Waals surface area contributed by atoms with E-state index in [4.69, 9.17) is 16.3 Å². The van der Waals surface area contributed by atoms with Gasteiger partial charge in [0.25, 0.3) is 5.91 Å². The molecule has 0 saturated carbocycles. The molecule has 1 N–H and O–H groups in total. The predicted octanol–water partition coefficient (Wildman–Crippen LogP) is 1.99. The van der Waals surface area contributed by atoms with Crippen LogP contribution in [0.15, 0.2) is 24.4 Å². The van der Waals surface area contributed by atoms with Crippen molar-refractivity contribution < 1.29 is 14.6 Å². The van der Waals surface area contributed by atoms with Gasteiger partial charge in [0, 0.05) is 31.3 Å². The molecule has 24 heavy (non-hydrogen) atoms. The van der Waals surface area contributed by atoms with Crippen molar-refractivity contribution in [3.05, 3.63) is 35.2 Å². The molecule has 0 radical (unpaired) electrons. The number of rotatable bonds is 2. The first-order valence-corrected chi connectivity index (χ1v) is 8.74. The number of carbonyl (C=O) groups excluding carboxylic acids is 1. The van der Waals surface area contributed by atoms with Crippen LogP contribution in [0.25, 0.3) is 5.65 Å². The fourth-order valence-electron chi connectivity index (χ4n) is 3.90. The van der Waals surface area contributed by atoms with Crippen LogP contribution in [0.3, 0.4) is 0 Å². The van der Waals surface area contributed by atoms with Gasteiger partial charge in [-0.15, -0.1) is 0 Å². The van der Waals surface area contributed by atoms with Gasteiger partial charge in [-0.25, -0.2) is 4.98 Å². The van der Waals surface area contributed by atoms with Gasteiger partial charge >= 0.3 is 0 Å². The molecule has 0 aromatic carbocycles. The average Bonchev–Trinajstić information content (AvgIpc) is 3.18. The van der Waals surface area contributed by atoms with Crippen LogP contribution in [0.5, 0.6) is 0 Å². The Morgan fingerprint density at radius 3 is 3.08 bits per heavy atom. The van der Waals surface area contributed by atoms with E-state index < -0.39 is 6.10 Å². The molecule has 128 valence electrons. The van der Waals surface area contributed by atoms with E-state index in [2.05, 4.69) is 4.98 Å². The van der Waals surface area contributed by atoms with E-state index in [-0.39, 0.29) is 23.0 Å². The van der Waals surface area contributed by atoms with Crippen molar-refractivity contribution in [2.75, 3.05) is 19.8 Å². The zero-order valence-electron chi connectivity index (χ0n) is 13.3. The minimum Gasteiger partial charge on any atom is -0.393 e. The maximum atomic E-state index is 13.2. The van der Waals surface area contributed by atoms with Crippen molar-refractivity contribution in [3.8, 4) is 0 Å². The van der Waals surface area contributed by atoms with Crippen molar-refractivity contribution >= 4 is 23.2 Å². The van der Waals surface area contributed by atoms with Gasteiger partial charge in [-0.2, -0.15) is 0 Å². The Bertz CT molecular complexity index is 763. The van der Waals surface area contributed by atoms with E-state index in [0.29, 0.717) is 37.5 Å². The summed E-state index contributed by atoms with van der Waals surface area (Å²) in [4.78, 5) is 19.3. The minimum atomic E-state index is -0.421. The molecule has 2 aromatic rings. The molecule has 0 spiro atoms. The van der Waals surface area contributed by atoms with Gasteiger partial charge in [0.1, 0.15) is 5.65 Å². The summed E-state index contributed by atoms with van der Waals surface area (Å²) in [5.41, 5.74) is 1.05. The van der Waals surface area contributed by atoms with Crippen LogP contribution in [-0.4, -0.2) is 57.2 Å². The van der Waals surface area contributed by atoms with Crippen molar-refractivity contribution in [2.45, 2.75) is 31.4 Å². The standard InChI is InChI=1S/C17H20ClN3O3/c18-16-15(21-7-2-1-5-14(21)19-16)17(23)20-8-3-4-12(20)11-10-24-9-6-13(11)22/h1-2,5,7,11-13,22H,3-4,6,8-10H2/t11-,12+,13-/m0/s1. The van der Waals surface area contributed by atoms with Crippen LogP contribution in [0.2, 0.25) is 5.15 Å². The minimum absolute atomic E-state index is 0.0156. The first-order valence-electron chi connectivity index (χ1n) is 8.36. The Morgan fingerprint density at radius 2 is 2.25 bits per heavy atom. The van der Waals surface area contributed by atoms with Crippen molar-refractivity contribution in [1.82, 2.24) is 14.3 Å². The van der Waals surface area contributed by atoms with Crippen LogP contribution in [0.4, 0.5) is 0 Å².